The van der Waals surface area contributed by atoms with Crippen LogP contribution < -0.4 is 11.1 Å². The van der Waals surface area contributed by atoms with Gasteiger partial charge in [-0.25, -0.2) is 0 Å². The van der Waals surface area contributed by atoms with Gasteiger partial charge in [-0.05, 0) is 41.9 Å². The van der Waals surface area contributed by atoms with Gasteiger partial charge in [0.1, 0.15) is 0 Å². The maximum absolute atomic E-state index is 11.2. The molecule has 0 aromatic heterocycles. The fourth-order valence-corrected chi connectivity index (χ4v) is 3.25. The van der Waals surface area contributed by atoms with Crippen molar-refractivity contribution in [3.8, 4) is 0 Å². The Bertz CT molecular complexity index is 468. The van der Waals surface area contributed by atoms with Crippen molar-refractivity contribution in [1.29, 1.82) is 0 Å². The summed E-state index contributed by atoms with van der Waals surface area (Å²) in [6.07, 6.45) is 2.48. The summed E-state index contributed by atoms with van der Waals surface area (Å²) < 4.78 is 0. The smallest absolute Gasteiger partial charge is 0.248 e. The molecule has 0 spiro atoms. The van der Waals surface area contributed by atoms with Gasteiger partial charge < -0.3 is 11.1 Å². The minimum absolute atomic E-state index is 0.364. The van der Waals surface area contributed by atoms with E-state index in [0.717, 1.165) is 12.1 Å². The van der Waals surface area contributed by atoms with Crippen LogP contribution in [0.4, 0.5) is 0 Å². The number of amides is 1. The van der Waals surface area contributed by atoms with Gasteiger partial charge in [-0.1, -0.05) is 32.9 Å². The minimum atomic E-state index is -0.364. The average molecular weight is 260 g/mol. The zero-order valence-corrected chi connectivity index (χ0v) is 12.1. The van der Waals surface area contributed by atoms with E-state index in [1.807, 2.05) is 18.2 Å². The number of nitrogens with two attached hydrogens (primary N) is 1. The highest BCUT2D eigenvalue weighted by atomic mass is 16.1. The molecule has 1 aliphatic carbocycles. The topological polar surface area (TPSA) is 55.1 Å². The third-order valence-corrected chi connectivity index (χ3v) is 4.11. The van der Waals surface area contributed by atoms with E-state index in [-0.39, 0.29) is 5.91 Å². The van der Waals surface area contributed by atoms with Gasteiger partial charge in [0.25, 0.3) is 0 Å². The molecule has 0 radical (unpaired) electrons. The van der Waals surface area contributed by atoms with Crippen molar-refractivity contribution >= 4 is 5.91 Å². The standard InChI is InChI=1S/C16H24N2O/c1-11-8-16(2,3)9-14(11)18-10-12-5-4-6-13(7-12)15(17)19/h4-7,11,14,18H,8-10H2,1-3H3,(H2,17,19). The molecule has 0 heterocycles. The molecule has 0 bridgehead atoms. The Morgan fingerprint density at radius 1 is 1.42 bits per heavy atom. The first kappa shape index (κ1) is 14.1. The zero-order valence-electron chi connectivity index (χ0n) is 12.1. The van der Waals surface area contributed by atoms with Gasteiger partial charge in [-0.3, -0.25) is 4.79 Å². The quantitative estimate of drug-likeness (QED) is 0.874. The van der Waals surface area contributed by atoms with Gasteiger partial charge >= 0.3 is 0 Å². The second kappa shape index (κ2) is 5.33. The fraction of sp³-hybridized carbons (Fsp3) is 0.562. The molecule has 3 N–H and O–H groups in total. The Hall–Kier alpha value is -1.35. The molecule has 2 rings (SSSR count). The van der Waals surface area contributed by atoms with E-state index >= 15 is 0 Å². The van der Waals surface area contributed by atoms with E-state index in [4.69, 9.17) is 5.73 Å². The highest BCUT2D eigenvalue weighted by molar-refractivity contribution is 5.92. The van der Waals surface area contributed by atoms with Crippen molar-refractivity contribution in [3.05, 3.63) is 35.4 Å². The van der Waals surface area contributed by atoms with E-state index in [1.54, 1.807) is 6.07 Å². The summed E-state index contributed by atoms with van der Waals surface area (Å²) in [7, 11) is 0. The number of carbonyl (C=O) groups excluding carboxylic acids is 1. The monoisotopic (exact) mass is 260 g/mol. The van der Waals surface area contributed by atoms with Crippen LogP contribution in [0.1, 0.15) is 49.5 Å². The van der Waals surface area contributed by atoms with E-state index < -0.39 is 0 Å². The molecule has 2 unspecified atom stereocenters. The van der Waals surface area contributed by atoms with Crippen molar-refractivity contribution in [2.75, 3.05) is 0 Å². The van der Waals surface area contributed by atoms with Crippen LogP contribution in [0.15, 0.2) is 24.3 Å². The van der Waals surface area contributed by atoms with Crippen molar-refractivity contribution in [1.82, 2.24) is 5.32 Å². The number of primary amides is 1. The fourth-order valence-electron chi connectivity index (χ4n) is 3.25. The summed E-state index contributed by atoms with van der Waals surface area (Å²) in [6, 6.07) is 8.11. The summed E-state index contributed by atoms with van der Waals surface area (Å²) in [5.41, 5.74) is 7.44. The van der Waals surface area contributed by atoms with Crippen LogP contribution in [-0.4, -0.2) is 11.9 Å². The number of benzene rings is 1. The van der Waals surface area contributed by atoms with E-state index in [2.05, 4.69) is 26.1 Å². The largest absolute Gasteiger partial charge is 0.366 e. The maximum Gasteiger partial charge on any atom is 0.248 e. The van der Waals surface area contributed by atoms with Crippen molar-refractivity contribution in [2.24, 2.45) is 17.1 Å². The Morgan fingerprint density at radius 3 is 2.74 bits per heavy atom. The predicted octanol–water partition coefficient (Wildman–Crippen LogP) is 2.70. The third-order valence-electron chi connectivity index (χ3n) is 4.11. The highest BCUT2D eigenvalue weighted by Gasteiger charge is 2.36. The first-order valence-corrected chi connectivity index (χ1v) is 6.99. The van der Waals surface area contributed by atoms with Gasteiger partial charge in [0.2, 0.25) is 5.91 Å². The third kappa shape index (κ3) is 3.57. The minimum Gasteiger partial charge on any atom is -0.366 e. The lowest BCUT2D eigenvalue weighted by Gasteiger charge is -2.18. The normalized spacial score (nSPS) is 25.4. The first-order valence-electron chi connectivity index (χ1n) is 6.99. The molecular weight excluding hydrogens is 236 g/mol. The predicted molar refractivity (Wildman–Crippen MR) is 77.8 cm³/mol. The summed E-state index contributed by atoms with van der Waals surface area (Å²) >= 11 is 0. The van der Waals surface area contributed by atoms with E-state index in [0.29, 0.717) is 22.9 Å². The SMILES string of the molecule is CC1CC(C)(C)CC1NCc1cccc(C(N)=O)c1. The van der Waals surface area contributed by atoms with Crippen LogP contribution in [0.5, 0.6) is 0 Å². The van der Waals surface area contributed by atoms with Crippen LogP contribution in [0.2, 0.25) is 0 Å². The number of rotatable bonds is 4. The molecule has 1 fully saturated rings. The summed E-state index contributed by atoms with van der Waals surface area (Å²) in [6.45, 7) is 7.77. The molecule has 0 aliphatic heterocycles. The summed E-state index contributed by atoms with van der Waals surface area (Å²) in [5, 5.41) is 3.62. The molecule has 104 valence electrons. The van der Waals surface area contributed by atoms with Crippen molar-refractivity contribution < 1.29 is 4.79 Å². The average Bonchev–Trinajstić information content (AvgIpc) is 2.60. The number of carbonyl (C=O) groups is 1. The molecule has 3 nitrogen and oxygen atoms in total. The van der Waals surface area contributed by atoms with Gasteiger partial charge in [-0.15, -0.1) is 0 Å². The van der Waals surface area contributed by atoms with Crippen LogP contribution in [-0.2, 0) is 6.54 Å². The van der Waals surface area contributed by atoms with Gasteiger partial charge in [0.15, 0.2) is 0 Å². The molecule has 3 heteroatoms. The van der Waals surface area contributed by atoms with Crippen molar-refractivity contribution in [3.63, 3.8) is 0 Å². The maximum atomic E-state index is 11.2. The Labute approximate surface area is 115 Å². The highest BCUT2D eigenvalue weighted by Crippen LogP contribution is 2.40. The molecule has 1 aromatic rings. The number of hydrogen-bond acceptors (Lipinski definition) is 2. The van der Waals surface area contributed by atoms with Crippen LogP contribution in [0, 0.1) is 11.3 Å². The van der Waals surface area contributed by atoms with E-state index in [1.165, 1.54) is 12.8 Å². The van der Waals surface area contributed by atoms with Crippen LogP contribution >= 0.6 is 0 Å². The first-order chi connectivity index (χ1) is 8.87. The molecule has 1 amide bonds. The van der Waals surface area contributed by atoms with E-state index in [9.17, 15) is 4.79 Å². The Balaban J connectivity index is 1.96. The lowest BCUT2D eigenvalue weighted by Crippen LogP contribution is -2.31. The van der Waals surface area contributed by atoms with Gasteiger partial charge in [0.05, 0.1) is 0 Å². The lowest BCUT2D eigenvalue weighted by molar-refractivity contribution is 0.1000. The number of nitrogens with one attached hydrogen (secondary N) is 1. The molecule has 0 saturated heterocycles. The molecule has 19 heavy (non-hydrogen) atoms. The van der Waals surface area contributed by atoms with Gasteiger partial charge in [0, 0.05) is 18.2 Å². The van der Waals surface area contributed by atoms with Crippen LogP contribution in [0.3, 0.4) is 0 Å². The van der Waals surface area contributed by atoms with Gasteiger partial charge in [-0.2, -0.15) is 0 Å². The lowest BCUT2D eigenvalue weighted by atomic mass is 9.91. The van der Waals surface area contributed by atoms with Crippen molar-refractivity contribution in [2.45, 2.75) is 46.2 Å². The second-order valence-corrected chi connectivity index (χ2v) is 6.60. The summed E-state index contributed by atoms with van der Waals surface area (Å²) in [5.74, 6) is 0.339. The molecule has 1 aromatic carbocycles. The molecule has 1 aliphatic rings. The van der Waals surface area contributed by atoms with Crippen LogP contribution in [0.25, 0.3) is 0 Å². The number of hydrogen-bond donors (Lipinski definition) is 2. The molecule has 2 atom stereocenters. The second-order valence-electron chi connectivity index (χ2n) is 6.60. The zero-order chi connectivity index (χ0) is 14.0. The molecule has 1 saturated carbocycles. The Kier molecular flexibility index (Phi) is 3.95. The molecular formula is C16H24N2O. The Morgan fingerprint density at radius 2 is 2.16 bits per heavy atom. The summed E-state index contributed by atoms with van der Waals surface area (Å²) in [4.78, 5) is 11.2.